The quantitative estimate of drug-likeness (QED) is 0.276. The number of nitrogens with one attached hydrogen (secondary N) is 1. The summed E-state index contributed by atoms with van der Waals surface area (Å²) in [4.78, 5) is 31.0. The Bertz CT molecular complexity index is 1970. The Morgan fingerprint density at radius 1 is 1.14 bits per heavy atom. The fourth-order valence-electron chi connectivity index (χ4n) is 7.76. The number of nitrogens with zero attached hydrogens (tertiary/aromatic N) is 5. The molecule has 2 aromatic heterocycles. The van der Waals surface area contributed by atoms with Gasteiger partial charge in [-0.3, -0.25) is 9.88 Å². The summed E-state index contributed by atoms with van der Waals surface area (Å²) in [5.41, 5.74) is -0.716. The van der Waals surface area contributed by atoms with E-state index in [1.54, 1.807) is 11.8 Å². The molecule has 5 aliphatic rings. The maximum absolute atomic E-state index is 17.0. The van der Waals surface area contributed by atoms with Gasteiger partial charge < -0.3 is 34.6 Å². The minimum Gasteiger partial charge on any atom is -0.508 e. The first-order valence-electron chi connectivity index (χ1n) is 17.2. The Balaban J connectivity index is 1.27. The second-order valence-electron chi connectivity index (χ2n) is 14.5. The molecule has 0 spiro atoms. The number of morpholine rings is 1. The molecule has 0 unspecified atom stereocenters. The Morgan fingerprint density at radius 2 is 1.96 bits per heavy atom. The molecule has 6 bridgehead atoms. The minimum absolute atomic E-state index is 0.00321. The summed E-state index contributed by atoms with van der Waals surface area (Å²) in [7, 11) is 0. The Labute approximate surface area is 287 Å². The van der Waals surface area contributed by atoms with Gasteiger partial charge in [-0.1, -0.05) is 6.07 Å². The lowest BCUT2D eigenvalue weighted by atomic mass is 9.89. The zero-order valence-corrected chi connectivity index (χ0v) is 27.9. The van der Waals surface area contributed by atoms with Crippen LogP contribution in [0.1, 0.15) is 38.2 Å². The number of pyridine rings is 1. The van der Waals surface area contributed by atoms with Gasteiger partial charge in [-0.2, -0.15) is 9.97 Å². The lowest BCUT2D eigenvalue weighted by Crippen LogP contribution is -2.61. The van der Waals surface area contributed by atoms with Gasteiger partial charge in [0, 0.05) is 49.9 Å². The molecule has 6 heterocycles. The topological polar surface area (TPSA) is 142 Å². The van der Waals surface area contributed by atoms with Gasteiger partial charge in [-0.15, -0.1) is 0 Å². The minimum atomic E-state index is -0.936. The number of carbonyl (C=O) groups excluding carboxylic acids is 1. The lowest BCUT2D eigenvalue weighted by molar-refractivity contribution is 0.0231. The van der Waals surface area contributed by atoms with Gasteiger partial charge in [0.15, 0.2) is 5.82 Å². The number of ether oxygens (including phenoxy) is 3. The van der Waals surface area contributed by atoms with Gasteiger partial charge in [0.25, 0.3) is 0 Å². The van der Waals surface area contributed by atoms with Crippen LogP contribution >= 0.6 is 0 Å². The fraction of sp³-hybridized carbons (Fsp3) is 0.500. The van der Waals surface area contributed by atoms with Crippen LogP contribution in [0.15, 0.2) is 30.5 Å². The van der Waals surface area contributed by atoms with E-state index < -0.39 is 29.4 Å². The highest BCUT2D eigenvalue weighted by Crippen LogP contribution is 2.47. The average molecular weight is 691 g/mol. The van der Waals surface area contributed by atoms with E-state index in [2.05, 4.69) is 20.2 Å². The lowest BCUT2D eigenvalue weighted by Gasteiger charge is -2.43. The first-order valence-corrected chi connectivity index (χ1v) is 17.2. The maximum atomic E-state index is 17.0. The van der Waals surface area contributed by atoms with E-state index in [4.69, 9.17) is 19.2 Å². The molecule has 2 aromatic carbocycles. The number of alkyl carbamates (subject to hydrolysis) is 1. The molecule has 264 valence electrons. The summed E-state index contributed by atoms with van der Waals surface area (Å²) in [6.07, 6.45) is 2.60. The summed E-state index contributed by atoms with van der Waals surface area (Å²) in [6, 6.07) is 5.66. The SMILES string of the molecule is C[C@@]12C[C@@H](O)CN(C1)c1nc(OCC3(CN4CCOCC4)CC3)nc3c(F)c(ncc13)-c1cc(O)cc3ccc(F)c(c13)CCCOC(=O)N2. The zero-order valence-electron chi connectivity index (χ0n) is 27.9. The molecule has 2 saturated heterocycles. The van der Waals surface area contributed by atoms with Crippen molar-refractivity contribution in [2.45, 2.75) is 50.7 Å². The summed E-state index contributed by atoms with van der Waals surface area (Å²) < 4.78 is 49.8. The van der Waals surface area contributed by atoms with Crippen molar-refractivity contribution in [3.8, 4) is 23.0 Å². The van der Waals surface area contributed by atoms with Crippen molar-refractivity contribution >= 4 is 33.6 Å². The van der Waals surface area contributed by atoms with Crippen LogP contribution in [0, 0.1) is 17.0 Å². The number of aromatic hydroxyl groups is 1. The van der Waals surface area contributed by atoms with E-state index >= 15 is 8.78 Å². The number of hydrogen-bond acceptors (Lipinski definition) is 11. The normalized spacial score (nSPS) is 23.9. The van der Waals surface area contributed by atoms with Crippen LogP contribution < -0.4 is 15.0 Å². The van der Waals surface area contributed by atoms with Gasteiger partial charge in [0.2, 0.25) is 0 Å². The van der Waals surface area contributed by atoms with E-state index in [1.807, 2.05) is 0 Å². The molecule has 14 heteroatoms. The van der Waals surface area contributed by atoms with Crippen molar-refractivity contribution < 1.29 is 38.0 Å². The number of rotatable bonds is 5. The van der Waals surface area contributed by atoms with Crippen molar-refractivity contribution in [1.29, 1.82) is 0 Å². The van der Waals surface area contributed by atoms with Crippen molar-refractivity contribution in [3.63, 3.8) is 0 Å². The molecule has 50 heavy (non-hydrogen) atoms. The second kappa shape index (κ2) is 12.7. The number of amides is 1. The van der Waals surface area contributed by atoms with Gasteiger partial charge >= 0.3 is 12.1 Å². The Morgan fingerprint density at radius 3 is 2.76 bits per heavy atom. The molecule has 1 saturated carbocycles. The number of piperidine rings is 1. The molecule has 12 nitrogen and oxygen atoms in total. The van der Waals surface area contributed by atoms with Crippen LogP contribution in [-0.4, -0.2) is 107 Å². The number of benzene rings is 2. The third-order valence-electron chi connectivity index (χ3n) is 10.3. The summed E-state index contributed by atoms with van der Waals surface area (Å²) in [5, 5.41) is 25.8. The Kier molecular flexibility index (Phi) is 8.35. The molecule has 4 aliphatic heterocycles. The van der Waals surface area contributed by atoms with Crippen LogP contribution in [0.5, 0.6) is 11.8 Å². The van der Waals surface area contributed by atoms with Crippen molar-refractivity contribution in [3.05, 3.63) is 47.7 Å². The number of anilines is 1. The summed E-state index contributed by atoms with van der Waals surface area (Å²) in [6.45, 7) is 6.45. The zero-order chi connectivity index (χ0) is 34.6. The van der Waals surface area contributed by atoms with E-state index in [0.29, 0.717) is 30.6 Å². The van der Waals surface area contributed by atoms with Crippen LogP contribution in [0.4, 0.5) is 19.4 Å². The molecule has 9 rings (SSSR count). The maximum Gasteiger partial charge on any atom is 0.407 e. The van der Waals surface area contributed by atoms with E-state index in [-0.39, 0.29) is 89.7 Å². The van der Waals surface area contributed by atoms with Gasteiger partial charge in [0.1, 0.15) is 28.6 Å². The highest BCUT2D eigenvalue weighted by atomic mass is 19.1. The van der Waals surface area contributed by atoms with Crippen LogP contribution in [0.2, 0.25) is 0 Å². The van der Waals surface area contributed by atoms with Crippen LogP contribution in [0.3, 0.4) is 0 Å². The molecular formula is C36H40F2N6O6. The second-order valence-corrected chi connectivity index (χ2v) is 14.5. The number of aliphatic hydroxyl groups is 1. The molecule has 3 N–H and O–H groups in total. The highest BCUT2D eigenvalue weighted by molar-refractivity contribution is 6.01. The van der Waals surface area contributed by atoms with Gasteiger partial charge in [-0.25, -0.2) is 13.6 Å². The number of aryl methyl sites for hydroxylation is 1. The van der Waals surface area contributed by atoms with E-state index in [9.17, 15) is 15.0 Å². The Hall–Kier alpha value is -4.40. The molecule has 1 aliphatic carbocycles. The first-order chi connectivity index (χ1) is 24.1. The van der Waals surface area contributed by atoms with Crippen molar-refractivity contribution in [2.24, 2.45) is 5.41 Å². The number of halogens is 2. The summed E-state index contributed by atoms with van der Waals surface area (Å²) in [5.74, 6) is -1.14. The number of aliphatic hydroxyl groups excluding tert-OH is 1. The van der Waals surface area contributed by atoms with Crippen LogP contribution in [0.25, 0.3) is 32.9 Å². The molecule has 2 atom stereocenters. The van der Waals surface area contributed by atoms with Crippen LogP contribution in [-0.2, 0) is 15.9 Å². The van der Waals surface area contributed by atoms with E-state index in [1.165, 1.54) is 30.5 Å². The smallest absolute Gasteiger partial charge is 0.407 e. The highest BCUT2D eigenvalue weighted by Gasteiger charge is 2.45. The van der Waals surface area contributed by atoms with Crippen molar-refractivity contribution in [2.75, 3.05) is 64.1 Å². The molecule has 3 fully saturated rings. The van der Waals surface area contributed by atoms with Crippen molar-refractivity contribution in [1.82, 2.24) is 25.2 Å². The third-order valence-corrected chi connectivity index (χ3v) is 10.3. The summed E-state index contributed by atoms with van der Waals surface area (Å²) >= 11 is 0. The molecule has 1 amide bonds. The molecule has 4 aromatic rings. The molecular weight excluding hydrogens is 650 g/mol. The van der Waals surface area contributed by atoms with E-state index in [0.717, 1.165) is 32.5 Å². The van der Waals surface area contributed by atoms with Gasteiger partial charge in [0.05, 0.1) is 43.5 Å². The first kappa shape index (κ1) is 32.8. The third kappa shape index (κ3) is 6.35. The standard InChI is InChI=1S/C36H40F2N6O6/c1-35-15-23(46)17-44(18-35)32-26-16-39-30(25-14-22(45)13-21-4-5-27(37)24(28(21)25)3-2-10-49-34(47)42-35)29(38)31(26)40-33(41-32)50-20-36(6-7-36)19-43-8-11-48-12-9-43/h4-5,13-14,16,23,45-46H,2-3,6-12,15,17-20H2,1H3,(H,42,47)/t23-,35-/m1/s1. The predicted octanol–water partition coefficient (Wildman–Crippen LogP) is 4.32. The van der Waals surface area contributed by atoms with Gasteiger partial charge in [-0.05, 0) is 73.6 Å². The number of aromatic nitrogens is 3. The number of phenols is 1. The number of fused-ring (bicyclic) bond motifs is 6. The molecule has 0 radical (unpaired) electrons. The number of hydrogen-bond donors (Lipinski definition) is 3. The largest absolute Gasteiger partial charge is 0.508 e. The fourth-order valence-corrected chi connectivity index (χ4v) is 7.76. The predicted molar refractivity (Wildman–Crippen MR) is 180 cm³/mol. The number of phenolic OH excluding ortho intramolecular Hbond substituents is 1. The average Bonchev–Trinajstić information content (AvgIpc) is 3.85. The monoisotopic (exact) mass is 690 g/mol. The number of carbonyl (C=O) groups is 1.